The van der Waals surface area contributed by atoms with E-state index in [9.17, 15) is 9.59 Å². The molecule has 4 heterocycles. The fourth-order valence-corrected chi connectivity index (χ4v) is 8.15. The molecule has 0 spiro atoms. The van der Waals surface area contributed by atoms with Gasteiger partial charge in [0.1, 0.15) is 5.75 Å². The molecule has 2 saturated heterocycles. The van der Waals surface area contributed by atoms with Crippen molar-refractivity contribution in [3.05, 3.63) is 106 Å². The number of amides is 2. The molecular formula is C46H58N8O4. The van der Waals surface area contributed by atoms with Crippen molar-refractivity contribution >= 4 is 28.5 Å². The number of anilines is 1. The Morgan fingerprint density at radius 1 is 0.845 bits per heavy atom. The van der Waals surface area contributed by atoms with Gasteiger partial charge in [0, 0.05) is 99.6 Å². The number of nitrogens with zero attached hydrogens (tertiary/aromatic N) is 5. The van der Waals surface area contributed by atoms with Gasteiger partial charge in [0.2, 0.25) is 0 Å². The molecular weight excluding hydrogens is 729 g/mol. The van der Waals surface area contributed by atoms with Gasteiger partial charge < -0.3 is 30.3 Å². The Morgan fingerprint density at radius 3 is 2.26 bits per heavy atom. The number of aromatic nitrogens is 3. The second-order valence-electron chi connectivity index (χ2n) is 15.4. The molecule has 2 aliphatic rings. The maximum absolute atomic E-state index is 13.8. The van der Waals surface area contributed by atoms with Crippen molar-refractivity contribution in [1.29, 1.82) is 0 Å². The monoisotopic (exact) mass is 786 g/mol. The van der Waals surface area contributed by atoms with Gasteiger partial charge in [0.15, 0.2) is 5.65 Å². The molecule has 5 aromatic rings. The summed E-state index contributed by atoms with van der Waals surface area (Å²) in [5, 5.41) is 15.6. The highest BCUT2D eigenvalue weighted by Crippen LogP contribution is 2.33. The number of carbonyl (C=O) groups excluding carboxylic acids is 2. The fraction of sp³-hybridized carbons (Fsp3) is 0.435. The molecule has 0 radical (unpaired) electrons. The first kappa shape index (κ1) is 40.9. The molecule has 0 unspecified atom stereocenters. The highest BCUT2D eigenvalue weighted by molar-refractivity contribution is 6.00. The second-order valence-corrected chi connectivity index (χ2v) is 15.4. The molecule has 2 aromatic heterocycles. The van der Waals surface area contributed by atoms with Crippen molar-refractivity contribution in [3.63, 3.8) is 0 Å². The number of rotatable bonds is 15. The molecule has 0 saturated carbocycles. The van der Waals surface area contributed by atoms with Crippen LogP contribution in [0.2, 0.25) is 0 Å². The number of ether oxygens (including phenoxy) is 2. The zero-order chi connectivity index (χ0) is 40.6. The number of methoxy groups -OCH3 is 1. The van der Waals surface area contributed by atoms with E-state index in [0.29, 0.717) is 43.9 Å². The first-order valence-electron chi connectivity index (χ1n) is 20.9. The molecule has 0 bridgehead atoms. The van der Waals surface area contributed by atoms with Gasteiger partial charge in [0.05, 0.1) is 24.4 Å². The Kier molecular flexibility index (Phi) is 13.4. The third-order valence-corrected chi connectivity index (χ3v) is 11.5. The zero-order valence-electron chi connectivity index (χ0n) is 34.7. The maximum atomic E-state index is 13.8. The van der Waals surface area contributed by atoms with E-state index in [1.54, 1.807) is 13.2 Å². The molecule has 7 rings (SSSR count). The summed E-state index contributed by atoms with van der Waals surface area (Å²) in [7, 11) is 1.69. The number of aryl methyl sites for hydroxylation is 3. The first-order valence-corrected chi connectivity index (χ1v) is 20.9. The molecule has 2 aliphatic heterocycles. The topological polar surface area (TPSA) is 126 Å². The lowest BCUT2D eigenvalue weighted by atomic mass is 9.99. The van der Waals surface area contributed by atoms with Crippen LogP contribution in [-0.2, 0) is 37.3 Å². The van der Waals surface area contributed by atoms with E-state index < -0.39 is 0 Å². The van der Waals surface area contributed by atoms with E-state index in [-0.39, 0.29) is 24.4 Å². The number of piperazine rings is 1. The minimum Gasteiger partial charge on any atom is -0.496 e. The van der Waals surface area contributed by atoms with Crippen molar-refractivity contribution in [2.75, 3.05) is 58.4 Å². The van der Waals surface area contributed by atoms with Crippen LogP contribution in [-0.4, -0.2) is 95.5 Å². The summed E-state index contributed by atoms with van der Waals surface area (Å²) in [5.41, 5.74) is 9.61. The van der Waals surface area contributed by atoms with E-state index >= 15 is 0 Å². The van der Waals surface area contributed by atoms with Crippen LogP contribution in [0.1, 0.15) is 82.3 Å². The van der Waals surface area contributed by atoms with Crippen molar-refractivity contribution in [1.82, 2.24) is 35.2 Å². The van der Waals surface area contributed by atoms with Gasteiger partial charge in [-0.25, -0.2) is 9.67 Å². The number of pyridine rings is 1. The minimum absolute atomic E-state index is 0.249. The molecule has 3 N–H and O–H groups in total. The molecule has 12 nitrogen and oxygen atoms in total. The van der Waals surface area contributed by atoms with Crippen molar-refractivity contribution < 1.29 is 19.1 Å². The number of fused-ring (bicyclic) bond motifs is 1. The van der Waals surface area contributed by atoms with Crippen LogP contribution >= 0.6 is 0 Å². The smallest absolute Gasteiger partial charge is 0.251 e. The van der Waals surface area contributed by atoms with E-state index in [2.05, 4.69) is 82.0 Å². The molecule has 0 atom stereocenters. The van der Waals surface area contributed by atoms with Gasteiger partial charge in [0.25, 0.3) is 11.8 Å². The summed E-state index contributed by atoms with van der Waals surface area (Å²) in [6.07, 6.45) is 4.37. The van der Waals surface area contributed by atoms with Crippen molar-refractivity contribution in [2.24, 2.45) is 0 Å². The number of hydrogen-bond donors (Lipinski definition) is 3. The Morgan fingerprint density at radius 2 is 1.57 bits per heavy atom. The third-order valence-electron chi connectivity index (χ3n) is 11.5. The summed E-state index contributed by atoms with van der Waals surface area (Å²) < 4.78 is 13.3. The van der Waals surface area contributed by atoms with Gasteiger partial charge in [-0.2, -0.15) is 5.10 Å². The lowest BCUT2D eigenvalue weighted by Crippen LogP contribution is -2.45. The van der Waals surface area contributed by atoms with Gasteiger partial charge in [-0.15, -0.1) is 0 Å². The summed E-state index contributed by atoms with van der Waals surface area (Å²) in [5.74, 6) is 0.271. The van der Waals surface area contributed by atoms with E-state index in [4.69, 9.17) is 14.5 Å². The summed E-state index contributed by atoms with van der Waals surface area (Å²) in [4.78, 5) is 37.5. The summed E-state index contributed by atoms with van der Waals surface area (Å²) in [6, 6.07) is 20.2. The number of nitrogens with one attached hydrogen (secondary N) is 3. The summed E-state index contributed by atoms with van der Waals surface area (Å²) >= 11 is 0. The Balaban J connectivity index is 1.04. The largest absolute Gasteiger partial charge is 0.496 e. The predicted octanol–water partition coefficient (Wildman–Crippen LogP) is 6.59. The van der Waals surface area contributed by atoms with Crippen LogP contribution in [0.25, 0.3) is 22.2 Å². The number of likely N-dealkylation sites (N-methyl/N-ethyl adjacent to an activating group) is 1. The summed E-state index contributed by atoms with van der Waals surface area (Å²) in [6.45, 7) is 17.4. The molecule has 2 fully saturated rings. The Labute approximate surface area is 342 Å². The quantitative estimate of drug-likeness (QED) is 0.108. The SMILES string of the molecule is CCc1nc2c(cnn2CC)c(NC2CCOCC2)c1CNC(=O)c1cc(C)cc(C(=O)NCc2ccc(OC)c(-c3cccc(CN4CCN(CC)CC4)c3)c2)c1. The van der Waals surface area contributed by atoms with Gasteiger partial charge in [-0.3, -0.25) is 14.5 Å². The van der Waals surface area contributed by atoms with E-state index in [1.165, 1.54) is 5.56 Å². The first-order chi connectivity index (χ1) is 28.3. The number of carbonyl (C=O) groups is 2. The van der Waals surface area contributed by atoms with Crippen LogP contribution < -0.4 is 20.7 Å². The molecule has 3 aromatic carbocycles. The second kappa shape index (κ2) is 19.0. The maximum Gasteiger partial charge on any atom is 0.251 e. The van der Waals surface area contributed by atoms with Crippen LogP contribution in [0.5, 0.6) is 5.75 Å². The van der Waals surface area contributed by atoms with Gasteiger partial charge in [-0.05, 0) is 98.3 Å². The highest BCUT2D eigenvalue weighted by atomic mass is 16.5. The lowest BCUT2D eigenvalue weighted by molar-refractivity contribution is 0.0904. The van der Waals surface area contributed by atoms with Crippen LogP contribution in [0.4, 0.5) is 5.69 Å². The highest BCUT2D eigenvalue weighted by Gasteiger charge is 2.23. The molecule has 2 amide bonds. The van der Waals surface area contributed by atoms with Crippen molar-refractivity contribution in [3.8, 4) is 16.9 Å². The third kappa shape index (κ3) is 9.52. The van der Waals surface area contributed by atoms with E-state index in [0.717, 1.165) is 108 Å². The number of benzene rings is 3. The Hall–Kier alpha value is -5.30. The normalized spacial score (nSPS) is 15.4. The predicted molar refractivity (Wildman–Crippen MR) is 229 cm³/mol. The van der Waals surface area contributed by atoms with Crippen LogP contribution in [0.15, 0.2) is 66.9 Å². The average Bonchev–Trinajstić information content (AvgIpc) is 3.68. The number of hydrogen-bond acceptors (Lipinski definition) is 9. The van der Waals surface area contributed by atoms with Crippen LogP contribution in [0, 0.1) is 6.92 Å². The average molecular weight is 787 g/mol. The van der Waals surface area contributed by atoms with E-state index in [1.807, 2.05) is 42.1 Å². The van der Waals surface area contributed by atoms with Gasteiger partial charge >= 0.3 is 0 Å². The molecule has 12 heteroatoms. The molecule has 58 heavy (non-hydrogen) atoms. The standard InChI is InChI=1S/C46H58N8O4/c1-6-41-39(43(50-37-14-20-58-21-15-37)40-29-49-54(8-3)44(40)51-41)28-48-46(56)36-23-31(4)22-35(26-36)45(55)47-27-32-12-13-42(57-5)38(25-32)34-11-9-10-33(24-34)30-53-18-16-52(7-2)17-19-53/h9-13,22-26,29,37H,6-8,14-21,27-28,30H2,1-5H3,(H,47,55)(H,48,56)(H,50,51). The molecule has 306 valence electrons. The zero-order valence-corrected chi connectivity index (χ0v) is 34.7. The minimum atomic E-state index is -0.258. The fourth-order valence-electron chi connectivity index (χ4n) is 8.15. The molecule has 0 aliphatic carbocycles. The van der Waals surface area contributed by atoms with Gasteiger partial charge in [-0.1, -0.05) is 38.1 Å². The van der Waals surface area contributed by atoms with Crippen LogP contribution in [0.3, 0.4) is 0 Å². The Bertz CT molecular complexity index is 2220. The van der Waals surface area contributed by atoms with Crippen molar-refractivity contribution in [2.45, 2.75) is 79.2 Å². The lowest BCUT2D eigenvalue weighted by Gasteiger charge is -2.34.